The molecule has 4 aromatic rings. The van der Waals surface area contributed by atoms with E-state index in [2.05, 4.69) is 0 Å². The summed E-state index contributed by atoms with van der Waals surface area (Å²) >= 11 is 0. The van der Waals surface area contributed by atoms with E-state index >= 15 is 0 Å². The van der Waals surface area contributed by atoms with Crippen molar-refractivity contribution in [2.24, 2.45) is 0 Å². The van der Waals surface area contributed by atoms with Crippen LogP contribution < -0.4 is 0 Å². The van der Waals surface area contributed by atoms with Gasteiger partial charge in [-0.3, -0.25) is 0 Å². The first kappa shape index (κ1) is 18.5. The SMILES string of the molecule is Cc1ccc(S(=O)(=O)n2c(C(O)c3ccccc3)c(C)c3ccccc32)cc1. The Hall–Kier alpha value is -2.89. The molecule has 1 aromatic heterocycles. The average Bonchev–Trinajstić information content (AvgIpc) is 3.02. The van der Waals surface area contributed by atoms with Crippen molar-refractivity contribution >= 4 is 20.9 Å². The summed E-state index contributed by atoms with van der Waals surface area (Å²) in [4.78, 5) is 0.195. The minimum absolute atomic E-state index is 0.195. The predicted octanol–water partition coefficient (Wildman–Crippen LogP) is 4.58. The third-order valence-electron chi connectivity index (χ3n) is 5.06. The van der Waals surface area contributed by atoms with E-state index in [-0.39, 0.29) is 4.90 Å². The molecule has 1 atom stereocenters. The second-order valence-electron chi connectivity index (χ2n) is 6.92. The Bertz CT molecular complexity index is 1240. The summed E-state index contributed by atoms with van der Waals surface area (Å²) < 4.78 is 28.5. The number of aryl methyl sites for hydroxylation is 2. The molecular formula is C23H21NO3S. The molecule has 0 aliphatic carbocycles. The van der Waals surface area contributed by atoms with Crippen LogP contribution in [0.2, 0.25) is 0 Å². The van der Waals surface area contributed by atoms with E-state index in [9.17, 15) is 13.5 Å². The quantitative estimate of drug-likeness (QED) is 0.554. The van der Waals surface area contributed by atoms with Crippen LogP contribution in [0, 0.1) is 13.8 Å². The van der Waals surface area contributed by atoms with Gasteiger partial charge in [-0.05, 0) is 43.2 Å². The van der Waals surface area contributed by atoms with Crippen LogP contribution in [0.25, 0.3) is 10.9 Å². The lowest BCUT2D eigenvalue weighted by Gasteiger charge is -2.17. The summed E-state index contributed by atoms with van der Waals surface area (Å²) in [6.07, 6.45) is -1.06. The van der Waals surface area contributed by atoms with Crippen molar-refractivity contribution in [2.45, 2.75) is 24.8 Å². The number of rotatable bonds is 4. The molecule has 5 heteroatoms. The molecule has 1 heterocycles. The Labute approximate surface area is 164 Å². The van der Waals surface area contributed by atoms with E-state index in [0.717, 1.165) is 16.5 Å². The first-order valence-corrected chi connectivity index (χ1v) is 10.5. The van der Waals surface area contributed by atoms with Gasteiger partial charge in [0.1, 0.15) is 6.10 Å². The minimum Gasteiger partial charge on any atom is -0.382 e. The third kappa shape index (κ3) is 2.93. The Morgan fingerprint density at radius 1 is 0.821 bits per heavy atom. The monoisotopic (exact) mass is 391 g/mol. The highest BCUT2D eigenvalue weighted by atomic mass is 32.2. The number of nitrogens with zero attached hydrogens (tertiary/aromatic N) is 1. The van der Waals surface area contributed by atoms with Gasteiger partial charge < -0.3 is 5.11 Å². The second kappa shape index (κ2) is 6.93. The number of para-hydroxylation sites is 1. The molecule has 0 aliphatic rings. The molecule has 0 saturated carbocycles. The zero-order chi connectivity index (χ0) is 19.9. The maximum atomic E-state index is 13.6. The zero-order valence-electron chi connectivity index (χ0n) is 15.7. The summed E-state index contributed by atoms with van der Waals surface area (Å²) in [5.41, 5.74) is 3.31. The number of fused-ring (bicyclic) bond motifs is 1. The lowest BCUT2D eigenvalue weighted by atomic mass is 10.0. The van der Waals surface area contributed by atoms with Gasteiger partial charge in [-0.1, -0.05) is 66.2 Å². The van der Waals surface area contributed by atoms with Crippen molar-refractivity contribution in [3.63, 3.8) is 0 Å². The molecule has 0 saturated heterocycles. The Kier molecular flexibility index (Phi) is 4.57. The number of aromatic nitrogens is 1. The molecule has 142 valence electrons. The van der Waals surface area contributed by atoms with Gasteiger partial charge in [0, 0.05) is 5.39 Å². The standard InChI is InChI=1S/C23H21NO3S/c1-16-12-14-19(15-13-16)28(26,27)24-21-11-7-6-10-20(21)17(2)22(24)23(25)18-8-4-3-5-9-18/h3-15,23,25H,1-2H3. The number of hydrogen-bond acceptors (Lipinski definition) is 3. The Morgan fingerprint density at radius 2 is 1.43 bits per heavy atom. The highest BCUT2D eigenvalue weighted by Crippen LogP contribution is 2.35. The van der Waals surface area contributed by atoms with Gasteiger partial charge in [0.15, 0.2) is 0 Å². The van der Waals surface area contributed by atoms with Gasteiger partial charge in [0.25, 0.3) is 10.0 Å². The van der Waals surface area contributed by atoms with E-state index < -0.39 is 16.1 Å². The van der Waals surface area contributed by atoms with E-state index in [1.165, 1.54) is 3.97 Å². The summed E-state index contributed by atoms with van der Waals surface area (Å²) in [6.45, 7) is 3.77. The topological polar surface area (TPSA) is 59.3 Å². The molecule has 0 radical (unpaired) electrons. The van der Waals surface area contributed by atoms with Crippen molar-refractivity contribution in [2.75, 3.05) is 0 Å². The van der Waals surface area contributed by atoms with Crippen LogP contribution in [0.4, 0.5) is 0 Å². The molecular weight excluding hydrogens is 370 g/mol. The highest BCUT2D eigenvalue weighted by Gasteiger charge is 2.29. The lowest BCUT2D eigenvalue weighted by Crippen LogP contribution is -2.18. The highest BCUT2D eigenvalue weighted by molar-refractivity contribution is 7.90. The molecule has 0 amide bonds. The minimum atomic E-state index is -3.89. The van der Waals surface area contributed by atoms with Crippen LogP contribution in [0.5, 0.6) is 0 Å². The summed E-state index contributed by atoms with van der Waals surface area (Å²) in [6, 6.07) is 23.2. The number of aliphatic hydroxyl groups excluding tert-OH is 1. The molecule has 1 N–H and O–H groups in total. The summed E-state index contributed by atoms with van der Waals surface area (Å²) in [7, 11) is -3.89. The molecule has 4 rings (SSSR count). The van der Waals surface area contributed by atoms with Crippen LogP contribution >= 0.6 is 0 Å². The fraction of sp³-hybridized carbons (Fsp3) is 0.130. The molecule has 0 bridgehead atoms. The normalized spacial score (nSPS) is 13.0. The zero-order valence-corrected chi connectivity index (χ0v) is 16.5. The molecule has 4 nitrogen and oxygen atoms in total. The van der Waals surface area contributed by atoms with E-state index in [1.807, 2.05) is 50.2 Å². The summed E-state index contributed by atoms with van der Waals surface area (Å²) in [5.74, 6) is 0. The molecule has 0 aliphatic heterocycles. The number of benzene rings is 3. The van der Waals surface area contributed by atoms with Crippen LogP contribution in [0.1, 0.15) is 28.5 Å². The Morgan fingerprint density at radius 3 is 2.11 bits per heavy atom. The van der Waals surface area contributed by atoms with Crippen LogP contribution in [-0.4, -0.2) is 17.5 Å². The van der Waals surface area contributed by atoms with Gasteiger partial charge in [-0.2, -0.15) is 0 Å². The van der Waals surface area contributed by atoms with Crippen molar-refractivity contribution < 1.29 is 13.5 Å². The largest absolute Gasteiger partial charge is 0.382 e. The predicted molar refractivity (Wildman–Crippen MR) is 111 cm³/mol. The van der Waals surface area contributed by atoms with Crippen molar-refractivity contribution in [1.82, 2.24) is 3.97 Å². The van der Waals surface area contributed by atoms with Crippen molar-refractivity contribution in [1.29, 1.82) is 0 Å². The fourth-order valence-electron chi connectivity index (χ4n) is 3.57. The molecule has 0 fully saturated rings. The van der Waals surface area contributed by atoms with Gasteiger partial charge in [-0.25, -0.2) is 12.4 Å². The van der Waals surface area contributed by atoms with Crippen LogP contribution in [-0.2, 0) is 10.0 Å². The molecule has 28 heavy (non-hydrogen) atoms. The van der Waals surface area contributed by atoms with Crippen LogP contribution in [0.15, 0.2) is 83.8 Å². The van der Waals surface area contributed by atoms with Gasteiger partial charge >= 0.3 is 0 Å². The number of hydrogen-bond donors (Lipinski definition) is 1. The second-order valence-corrected chi connectivity index (χ2v) is 8.71. The summed E-state index contributed by atoms with van der Waals surface area (Å²) in [5, 5.41) is 11.9. The average molecular weight is 391 g/mol. The maximum absolute atomic E-state index is 13.6. The Balaban J connectivity index is 2.03. The first-order chi connectivity index (χ1) is 13.4. The molecule has 1 unspecified atom stereocenters. The van der Waals surface area contributed by atoms with Gasteiger partial charge in [0.2, 0.25) is 0 Å². The smallest absolute Gasteiger partial charge is 0.268 e. The molecule has 0 spiro atoms. The third-order valence-corrected chi connectivity index (χ3v) is 6.81. The number of aliphatic hydroxyl groups is 1. The maximum Gasteiger partial charge on any atom is 0.268 e. The van der Waals surface area contributed by atoms with Gasteiger partial charge in [0.05, 0.1) is 16.1 Å². The van der Waals surface area contributed by atoms with E-state index in [0.29, 0.717) is 16.8 Å². The van der Waals surface area contributed by atoms with E-state index in [1.54, 1.807) is 42.5 Å². The fourth-order valence-corrected chi connectivity index (χ4v) is 5.18. The lowest BCUT2D eigenvalue weighted by molar-refractivity contribution is 0.214. The van der Waals surface area contributed by atoms with E-state index in [4.69, 9.17) is 0 Å². The van der Waals surface area contributed by atoms with Crippen molar-refractivity contribution in [3.05, 3.63) is 101 Å². The van der Waals surface area contributed by atoms with Gasteiger partial charge in [-0.15, -0.1) is 0 Å². The molecule has 3 aromatic carbocycles. The van der Waals surface area contributed by atoms with Crippen molar-refractivity contribution in [3.8, 4) is 0 Å². The van der Waals surface area contributed by atoms with Crippen LogP contribution in [0.3, 0.4) is 0 Å². The first-order valence-electron chi connectivity index (χ1n) is 9.06.